The summed E-state index contributed by atoms with van der Waals surface area (Å²) in [6.07, 6.45) is 0. The summed E-state index contributed by atoms with van der Waals surface area (Å²) in [5.41, 5.74) is 0.617. The Balaban J connectivity index is 1.85. The van der Waals surface area contributed by atoms with Crippen LogP contribution in [-0.2, 0) is 10.0 Å². The fourth-order valence-corrected chi connectivity index (χ4v) is 3.77. The van der Waals surface area contributed by atoms with Gasteiger partial charge in [-0.05, 0) is 54.6 Å². The van der Waals surface area contributed by atoms with Crippen LogP contribution in [0.3, 0.4) is 0 Å². The zero-order valence-corrected chi connectivity index (χ0v) is 16.2. The lowest BCUT2D eigenvalue weighted by atomic mass is 10.2. The molecule has 0 amide bonds. The number of hydrogen-bond donors (Lipinski definition) is 0. The lowest BCUT2D eigenvalue weighted by molar-refractivity contribution is 0.0734. The monoisotopic (exact) mass is 397 g/mol. The minimum absolute atomic E-state index is 0.00618. The second-order valence-corrected chi connectivity index (χ2v) is 7.87. The normalized spacial score (nSPS) is 10.9. The van der Waals surface area contributed by atoms with E-state index < -0.39 is 16.0 Å². The molecule has 0 atom stereocenters. The molecule has 0 N–H and O–H groups in total. The van der Waals surface area contributed by atoms with Gasteiger partial charge in [0.2, 0.25) is 0 Å². The summed E-state index contributed by atoms with van der Waals surface area (Å²) in [4.78, 5) is 12.4. The number of nitrogens with zero attached hydrogens (tertiary/aromatic N) is 1. The average Bonchev–Trinajstić information content (AvgIpc) is 2.74. The summed E-state index contributed by atoms with van der Waals surface area (Å²) < 4.78 is 37.4. The first-order valence-corrected chi connectivity index (χ1v) is 9.86. The van der Waals surface area contributed by atoms with Gasteiger partial charge in [-0.15, -0.1) is 0 Å². The van der Waals surface area contributed by atoms with Crippen LogP contribution in [0.5, 0.6) is 11.5 Å². The fourth-order valence-electron chi connectivity index (χ4n) is 2.53. The molecule has 0 fully saturated rings. The second-order valence-electron chi connectivity index (χ2n) is 5.90. The molecular weight excluding hydrogens is 378 g/mol. The Hall–Kier alpha value is -3.32. The number of hydrogen-bond acceptors (Lipinski definition) is 5. The van der Waals surface area contributed by atoms with Gasteiger partial charge in [-0.3, -0.25) is 4.31 Å². The van der Waals surface area contributed by atoms with Gasteiger partial charge in [0.25, 0.3) is 10.0 Å². The number of carbonyl (C=O) groups is 1. The molecule has 28 heavy (non-hydrogen) atoms. The van der Waals surface area contributed by atoms with Gasteiger partial charge in [0.1, 0.15) is 11.5 Å². The van der Waals surface area contributed by atoms with Crippen molar-refractivity contribution in [1.29, 1.82) is 0 Å². The number of carbonyl (C=O) groups excluding carboxylic acids is 1. The van der Waals surface area contributed by atoms with Gasteiger partial charge < -0.3 is 9.47 Å². The highest BCUT2D eigenvalue weighted by Crippen LogP contribution is 2.25. The van der Waals surface area contributed by atoms with Crippen molar-refractivity contribution in [2.24, 2.45) is 0 Å². The van der Waals surface area contributed by atoms with Crippen molar-refractivity contribution in [3.63, 3.8) is 0 Å². The molecule has 0 saturated heterocycles. The molecule has 0 aliphatic carbocycles. The van der Waals surface area contributed by atoms with Crippen molar-refractivity contribution in [1.82, 2.24) is 0 Å². The van der Waals surface area contributed by atoms with Gasteiger partial charge in [-0.2, -0.15) is 0 Å². The van der Waals surface area contributed by atoms with E-state index in [1.165, 1.54) is 38.4 Å². The predicted octanol–water partition coefficient (Wildman–Crippen LogP) is 3.74. The van der Waals surface area contributed by atoms with Gasteiger partial charge in [0.05, 0.1) is 23.3 Å². The van der Waals surface area contributed by atoms with Crippen LogP contribution in [0.1, 0.15) is 10.4 Å². The van der Waals surface area contributed by atoms with E-state index in [2.05, 4.69) is 0 Å². The van der Waals surface area contributed by atoms with E-state index in [0.29, 0.717) is 17.2 Å². The molecule has 0 unspecified atom stereocenters. The molecule has 0 radical (unpaired) electrons. The highest BCUT2D eigenvalue weighted by Gasteiger charge is 2.23. The van der Waals surface area contributed by atoms with Gasteiger partial charge in [0.15, 0.2) is 0 Å². The maximum atomic E-state index is 13.0. The highest BCUT2D eigenvalue weighted by atomic mass is 32.2. The van der Waals surface area contributed by atoms with Crippen LogP contribution in [0.2, 0.25) is 0 Å². The maximum Gasteiger partial charge on any atom is 0.343 e. The lowest BCUT2D eigenvalue weighted by Crippen LogP contribution is -2.26. The third-order valence-electron chi connectivity index (χ3n) is 4.12. The summed E-state index contributed by atoms with van der Waals surface area (Å²) in [7, 11) is -0.868. The van der Waals surface area contributed by atoms with Gasteiger partial charge in [-0.25, -0.2) is 13.2 Å². The molecule has 144 valence electrons. The number of esters is 1. The molecule has 3 aromatic rings. The second kappa shape index (κ2) is 8.14. The van der Waals surface area contributed by atoms with Crippen molar-refractivity contribution in [2.45, 2.75) is 4.90 Å². The Bertz CT molecular complexity index is 1060. The lowest BCUT2D eigenvalue weighted by Gasteiger charge is -2.20. The molecule has 6 nitrogen and oxygen atoms in total. The predicted molar refractivity (Wildman–Crippen MR) is 106 cm³/mol. The standard InChI is InChI=1S/C21H19NO5S/c1-22(17-11-13-18(26-2)14-12-17)28(24,25)20-10-6-7-16(15-20)21(23)27-19-8-4-3-5-9-19/h3-15H,1-2H3. The Morgan fingerprint density at radius 3 is 2.18 bits per heavy atom. The number of ether oxygens (including phenoxy) is 2. The minimum Gasteiger partial charge on any atom is -0.497 e. The molecule has 7 heteroatoms. The Morgan fingerprint density at radius 1 is 0.857 bits per heavy atom. The van der Waals surface area contributed by atoms with Crippen LogP contribution in [-0.4, -0.2) is 28.5 Å². The zero-order valence-electron chi connectivity index (χ0n) is 15.4. The van der Waals surface area contributed by atoms with Crippen molar-refractivity contribution in [3.8, 4) is 11.5 Å². The summed E-state index contributed by atoms with van der Waals surface area (Å²) in [5.74, 6) is 0.381. The molecule has 0 saturated carbocycles. The van der Waals surface area contributed by atoms with E-state index >= 15 is 0 Å². The molecule has 0 aliphatic heterocycles. The number of methoxy groups -OCH3 is 1. The zero-order chi connectivity index (χ0) is 20.1. The van der Waals surface area contributed by atoms with E-state index in [0.717, 1.165) is 4.31 Å². The van der Waals surface area contributed by atoms with Crippen molar-refractivity contribution >= 4 is 21.7 Å². The third-order valence-corrected chi connectivity index (χ3v) is 5.90. The highest BCUT2D eigenvalue weighted by molar-refractivity contribution is 7.92. The Kier molecular flexibility index (Phi) is 5.65. The number of para-hydroxylation sites is 1. The van der Waals surface area contributed by atoms with E-state index in [4.69, 9.17) is 9.47 Å². The van der Waals surface area contributed by atoms with Gasteiger partial charge >= 0.3 is 5.97 Å². The first-order chi connectivity index (χ1) is 13.4. The van der Waals surface area contributed by atoms with E-state index in [1.807, 2.05) is 0 Å². The number of anilines is 1. The molecular formula is C21H19NO5S. The number of rotatable bonds is 6. The van der Waals surface area contributed by atoms with Crippen LogP contribution in [0, 0.1) is 0 Å². The molecule has 0 heterocycles. The molecule has 0 aliphatic rings. The van der Waals surface area contributed by atoms with Gasteiger partial charge in [0, 0.05) is 7.05 Å². The number of sulfonamides is 1. The van der Waals surface area contributed by atoms with Crippen LogP contribution < -0.4 is 13.8 Å². The van der Waals surface area contributed by atoms with Gasteiger partial charge in [-0.1, -0.05) is 24.3 Å². The molecule has 0 aromatic heterocycles. The smallest absolute Gasteiger partial charge is 0.343 e. The summed E-state index contributed by atoms with van der Waals surface area (Å²) in [5, 5.41) is 0. The average molecular weight is 397 g/mol. The molecule has 0 bridgehead atoms. The first kappa shape index (κ1) is 19.4. The fraction of sp³-hybridized carbons (Fsp3) is 0.0952. The SMILES string of the molecule is COc1ccc(N(C)S(=O)(=O)c2cccc(C(=O)Oc3ccccc3)c2)cc1. The topological polar surface area (TPSA) is 72.9 Å². The summed E-state index contributed by atoms with van der Waals surface area (Å²) >= 11 is 0. The minimum atomic E-state index is -3.86. The van der Waals surface area contributed by atoms with Crippen molar-refractivity contribution < 1.29 is 22.7 Å². The molecule has 3 aromatic carbocycles. The van der Waals surface area contributed by atoms with Crippen molar-refractivity contribution in [3.05, 3.63) is 84.4 Å². The van der Waals surface area contributed by atoms with Crippen LogP contribution in [0.15, 0.2) is 83.8 Å². The molecule has 0 spiro atoms. The summed E-state index contributed by atoms with van der Waals surface area (Å²) in [6, 6.07) is 21.0. The van der Waals surface area contributed by atoms with E-state index in [-0.39, 0.29) is 10.5 Å². The van der Waals surface area contributed by atoms with Crippen LogP contribution in [0.4, 0.5) is 5.69 Å². The molecule has 3 rings (SSSR count). The van der Waals surface area contributed by atoms with E-state index in [1.54, 1.807) is 54.6 Å². The number of benzene rings is 3. The third kappa shape index (κ3) is 4.15. The van der Waals surface area contributed by atoms with E-state index in [9.17, 15) is 13.2 Å². The van der Waals surface area contributed by atoms with Crippen LogP contribution >= 0.6 is 0 Å². The Labute approximate surface area is 164 Å². The van der Waals surface area contributed by atoms with Crippen LogP contribution in [0.25, 0.3) is 0 Å². The quantitative estimate of drug-likeness (QED) is 0.468. The van der Waals surface area contributed by atoms with Crippen molar-refractivity contribution in [2.75, 3.05) is 18.5 Å². The summed E-state index contributed by atoms with van der Waals surface area (Å²) in [6.45, 7) is 0. The Morgan fingerprint density at radius 2 is 1.54 bits per heavy atom. The first-order valence-electron chi connectivity index (χ1n) is 8.42. The largest absolute Gasteiger partial charge is 0.497 e. The maximum absolute atomic E-state index is 13.0.